The molecule has 4 fully saturated rings. The fraction of sp³-hybridized carbons (Fsp3) is 0.722. The average Bonchev–Trinajstić information content (AvgIpc) is 2.64. The predicted molar refractivity (Wildman–Crippen MR) is 79.9 cm³/mol. The fourth-order valence-corrected chi connectivity index (χ4v) is 5.72. The molecule has 0 radical (unpaired) electrons. The molecule has 4 aliphatic rings. The molecule has 108 valence electrons. The van der Waals surface area contributed by atoms with Gasteiger partial charge in [-0.3, -0.25) is 4.79 Å². The van der Waals surface area contributed by atoms with Gasteiger partial charge in [-0.2, -0.15) is 0 Å². The predicted octanol–water partition coefficient (Wildman–Crippen LogP) is 4.34. The van der Waals surface area contributed by atoms with Crippen LogP contribution in [0, 0.1) is 43.9 Å². The quantitative estimate of drug-likeness (QED) is 0.797. The lowest BCUT2D eigenvalue weighted by Crippen LogP contribution is -2.50. The summed E-state index contributed by atoms with van der Waals surface area (Å²) in [6.45, 7) is 6.31. The average molecular weight is 271 g/mol. The van der Waals surface area contributed by atoms with Gasteiger partial charge in [0.25, 0.3) is 0 Å². The number of nitrogens with one attached hydrogen (secondary N) is 1. The van der Waals surface area contributed by atoms with Crippen LogP contribution in [0.5, 0.6) is 0 Å². The molecule has 1 aromatic rings. The first kappa shape index (κ1) is 12.7. The van der Waals surface area contributed by atoms with Crippen LogP contribution in [0.3, 0.4) is 0 Å². The van der Waals surface area contributed by atoms with Crippen LogP contribution in [0.4, 0.5) is 0 Å². The van der Waals surface area contributed by atoms with Crippen LogP contribution in [0.1, 0.15) is 65.8 Å². The first-order valence-corrected chi connectivity index (χ1v) is 8.19. The van der Waals surface area contributed by atoms with Crippen molar-refractivity contribution in [2.45, 2.75) is 59.3 Å². The summed E-state index contributed by atoms with van der Waals surface area (Å²) in [6, 6.07) is 0. The molecule has 2 heteroatoms. The Morgan fingerprint density at radius 3 is 1.85 bits per heavy atom. The Kier molecular flexibility index (Phi) is 2.53. The van der Waals surface area contributed by atoms with Crippen LogP contribution in [-0.2, 0) is 0 Å². The van der Waals surface area contributed by atoms with E-state index in [4.69, 9.17) is 0 Å². The molecular formula is C18H25NO. The van der Waals surface area contributed by atoms with Crippen molar-refractivity contribution in [1.29, 1.82) is 0 Å². The van der Waals surface area contributed by atoms with Gasteiger partial charge >= 0.3 is 0 Å². The fourth-order valence-electron chi connectivity index (χ4n) is 5.72. The molecule has 0 spiro atoms. The molecule has 0 aromatic carbocycles. The second-order valence-corrected chi connectivity index (χ2v) is 7.90. The number of aryl methyl sites for hydroxylation is 1. The molecule has 4 saturated carbocycles. The van der Waals surface area contributed by atoms with Crippen molar-refractivity contribution < 1.29 is 4.79 Å². The topological polar surface area (TPSA) is 32.9 Å². The van der Waals surface area contributed by atoms with E-state index in [1.54, 1.807) is 0 Å². The van der Waals surface area contributed by atoms with Crippen molar-refractivity contribution in [2.24, 2.45) is 23.2 Å². The summed E-state index contributed by atoms with van der Waals surface area (Å²) in [4.78, 5) is 16.6. The summed E-state index contributed by atoms with van der Waals surface area (Å²) in [5.74, 6) is 2.94. The number of ketones is 1. The molecule has 5 rings (SSSR count). The summed E-state index contributed by atoms with van der Waals surface area (Å²) >= 11 is 0. The van der Waals surface area contributed by atoms with E-state index in [0.29, 0.717) is 5.78 Å². The monoisotopic (exact) mass is 271 g/mol. The van der Waals surface area contributed by atoms with Crippen molar-refractivity contribution in [3.8, 4) is 0 Å². The van der Waals surface area contributed by atoms with Crippen LogP contribution in [0.25, 0.3) is 0 Å². The number of hydrogen-bond donors (Lipinski definition) is 1. The van der Waals surface area contributed by atoms with Gasteiger partial charge in [-0.1, -0.05) is 0 Å². The highest BCUT2D eigenvalue weighted by Gasteiger charge is 2.55. The largest absolute Gasteiger partial charge is 0.356 e. The van der Waals surface area contributed by atoms with Crippen molar-refractivity contribution in [2.75, 3.05) is 0 Å². The molecule has 1 heterocycles. The zero-order chi connectivity index (χ0) is 14.1. The molecule has 0 aliphatic heterocycles. The Hall–Kier alpha value is -1.05. The minimum absolute atomic E-state index is 0.0107. The van der Waals surface area contributed by atoms with E-state index in [1.807, 2.05) is 0 Å². The molecule has 0 atom stereocenters. The van der Waals surface area contributed by atoms with E-state index in [2.05, 4.69) is 25.8 Å². The van der Waals surface area contributed by atoms with Gasteiger partial charge in [0.15, 0.2) is 5.78 Å². The second kappa shape index (κ2) is 3.99. The van der Waals surface area contributed by atoms with Crippen LogP contribution >= 0.6 is 0 Å². The van der Waals surface area contributed by atoms with Crippen molar-refractivity contribution >= 4 is 5.78 Å². The summed E-state index contributed by atoms with van der Waals surface area (Å²) in [5.41, 5.74) is 4.52. The third-order valence-corrected chi connectivity index (χ3v) is 6.56. The van der Waals surface area contributed by atoms with E-state index in [0.717, 1.165) is 48.4 Å². The van der Waals surface area contributed by atoms with Gasteiger partial charge < -0.3 is 4.98 Å². The van der Waals surface area contributed by atoms with E-state index < -0.39 is 0 Å². The van der Waals surface area contributed by atoms with Crippen LogP contribution in [0.15, 0.2) is 0 Å². The van der Waals surface area contributed by atoms with Gasteiger partial charge in [0.2, 0.25) is 0 Å². The summed E-state index contributed by atoms with van der Waals surface area (Å²) < 4.78 is 0. The summed E-state index contributed by atoms with van der Waals surface area (Å²) in [6.07, 6.45) is 7.67. The van der Waals surface area contributed by atoms with Gasteiger partial charge in [-0.15, -0.1) is 0 Å². The third-order valence-electron chi connectivity index (χ3n) is 6.56. The lowest BCUT2D eigenvalue weighted by atomic mass is 9.48. The molecule has 4 aliphatic carbocycles. The third kappa shape index (κ3) is 1.60. The van der Waals surface area contributed by atoms with Gasteiger partial charge in [-0.05, 0) is 88.2 Å². The maximum Gasteiger partial charge on any atom is 0.185 e. The molecule has 1 N–H and O–H groups in total. The SMILES string of the molecule is Cc1[nH]c(C(=O)C23CC4CC(CC(C4)C2)C3)c(C)c1C. The van der Waals surface area contributed by atoms with Crippen LogP contribution < -0.4 is 0 Å². The van der Waals surface area contributed by atoms with Crippen molar-refractivity contribution in [1.82, 2.24) is 4.98 Å². The van der Waals surface area contributed by atoms with Crippen molar-refractivity contribution in [3.63, 3.8) is 0 Å². The molecule has 1 aromatic heterocycles. The molecule has 0 saturated heterocycles. The number of aromatic nitrogens is 1. The molecule has 2 nitrogen and oxygen atoms in total. The normalized spacial score (nSPS) is 38.5. The van der Waals surface area contributed by atoms with Gasteiger partial charge in [0, 0.05) is 11.1 Å². The van der Waals surface area contributed by atoms with E-state index >= 15 is 0 Å². The lowest BCUT2D eigenvalue weighted by molar-refractivity contribution is -0.0355. The molecule has 0 unspecified atom stereocenters. The number of rotatable bonds is 2. The Morgan fingerprint density at radius 2 is 1.45 bits per heavy atom. The number of hydrogen-bond acceptors (Lipinski definition) is 1. The van der Waals surface area contributed by atoms with Gasteiger partial charge in [0.05, 0.1) is 5.69 Å². The van der Waals surface area contributed by atoms with Gasteiger partial charge in [0.1, 0.15) is 0 Å². The van der Waals surface area contributed by atoms with Crippen LogP contribution in [0.2, 0.25) is 0 Å². The zero-order valence-electron chi connectivity index (χ0n) is 12.9. The minimum atomic E-state index is -0.0107. The summed E-state index contributed by atoms with van der Waals surface area (Å²) in [5, 5.41) is 0. The highest BCUT2D eigenvalue weighted by Crippen LogP contribution is 2.61. The minimum Gasteiger partial charge on any atom is -0.356 e. The highest BCUT2D eigenvalue weighted by atomic mass is 16.1. The number of aromatic amines is 1. The lowest BCUT2D eigenvalue weighted by Gasteiger charge is -2.55. The molecule has 4 bridgehead atoms. The van der Waals surface area contributed by atoms with E-state index in [-0.39, 0.29) is 5.41 Å². The Labute approximate surface area is 121 Å². The Morgan fingerprint density at radius 1 is 0.950 bits per heavy atom. The second-order valence-electron chi connectivity index (χ2n) is 7.90. The Balaban J connectivity index is 1.73. The molecule has 20 heavy (non-hydrogen) atoms. The zero-order valence-corrected chi connectivity index (χ0v) is 12.9. The Bertz CT molecular complexity index is 545. The number of H-pyrrole nitrogens is 1. The van der Waals surface area contributed by atoms with E-state index in [1.165, 1.54) is 30.4 Å². The maximum atomic E-state index is 13.3. The number of carbonyl (C=O) groups excluding carboxylic acids is 1. The van der Waals surface area contributed by atoms with E-state index in [9.17, 15) is 4.79 Å². The first-order valence-electron chi connectivity index (χ1n) is 8.19. The number of carbonyl (C=O) groups is 1. The molecule has 0 amide bonds. The highest BCUT2D eigenvalue weighted by molar-refractivity contribution is 6.01. The van der Waals surface area contributed by atoms with Crippen molar-refractivity contribution in [3.05, 3.63) is 22.5 Å². The smallest absolute Gasteiger partial charge is 0.185 e. The standard InChI is InChI=1S/C18H25NO/c1-10-11(2)16(19-12(10)3)17(20)18-7-13-4-14(8-18)6-15(5-13)9-18/h13-15,19H,4-9H2,1-3H3. The molecular weight excluding hydrogens is 246 g/mol. The summed E-state index contributed by atoms with van der Waals surface area (Å²) in [7, 11) is 0. The number of Topliss-reactive ketones (excluding diaryl/α,β-unsaturated/α-hetero) is 1. The van der Waals surface area contributed by atoms with Gasteiger partial charge in [-0.25, -0.2) is 0 Å². The maximum absolute atomic E-state index is 13.3. The van der Waals surface area contributed by atoms with Crippen LogP contribution in [-0.4, -0.2) is 10.8 Å². The first-order chi connectivity index (χ1) is 9.48.